The van der Waals surface area contributed by atoms with Crippen molar-refractivity contribution in [3.63, 3.8) is 0 Å². The molecule has 2 aliphatic heterocycles. The molecule has 2 aliphatic rings. The van der Waals surface area contributed by atoms with Crippen LogP contribution in [-0.2, 0) is 0 Å². The van der Waals surface area contributed by atoms with Crippen LogP contribution in [-0.4, -0.2) is 42.1 Å². The van der Waals surface area contributed by atoms with Crippen molar-refractivity contribution < 1.29 is 4.39 Å². The van der Waals surface area contributed by atoms with Gasteiger partial charge < -0.3 is 10.6 Å². The molecule has 1 atom stereocenters. The molecule has 0 radical (unpaired) electrons. The second-order valence-corrected chi connectivity index (χ2v) is 6.10. The summed E-state index contributed by atoms with van der Waals surface area (Å²) in [5.41, 5.74) is 6.78. The monoisotopic (exact) mass is 293 g/mol. The molecular weight excluding hydrogens is 273 g/mol. The number of benzene rings is 1. The van der Waals surface area contributed by atoms with E-state index >= 15 is 0 Å². The molecule has 20 heavy (non-hydrogen) atoms. The van der Waals surface area contributed by atoms with Gasteiger partial charge in [-0.15, -0.1) is 0 Å². The number of thiocarbonyl (C=S) groups is 1. The first-order valence-corrected chi connectivity index (χ1v) is 7.64. The highest BCUT2D eigenvalue weighted by Gasteiger charge is 2.28. The lowest BCUT2D eigenvalue weighted by Crippen LogP contribution is -2.36. The van der Waals surface area contributed by atoms with Crippen LogP contribution in [0.15, 0.2) is 18.2 Å². The van der Waals surface area contributed by atoms with Crippen molar-refractivity contribution in [2.45, 2.75) is 25.3 Å². The summed E-state index contributed by atoms with van der Waals surface area (Å²) < 4.78 is 14.0. The molecule has 3 nitrogen and oxygen atoms in total. The average molecular weight is 293 g/mol. The highest BCUT2D eigenvalue weighted by Crippen LogP contribution is 2.26. The minimum absolute atomic E-state index is 0.117. The van der Waals surface area contributed by atoms with Crippen LogP contribution in [0.5, 0.6) is 0 Å². The number of rotatable bonds is 2. The van der Waals surface area contributed by atoms with E-state index in [-0.39, 0.29) is 10.8 Å². The van der Waals surface area contributed by atoms with Gasteiger partial charge in [-0.05, 0) is 44.0 Å². The van der Waals surface area contributed by atoms with E-state index < -0.39 is 0 Å². The zero-order valence-corrected chi connectivity index (χ0v) is 12.3. The van der Waals surface area contributed by atoms with E-state index in [0.717, 1.165) is 31.7 Å². The second-order valence-electron chi connectivity index (χ2n) is 5.66. The lowest BCUT2D eigenvalue weighted by molar-refractivity contribution is 0.273. The van der Waals surface area contributed by atoms with Gasteiger partial charge in [-0.2, -0.15) is 0 Å². The first-order chi connectivity index (χ1) is 9.65. The molecule has 1 aromatic carbocycles. The number of fused-ring (bicyclic) bond motifs is 1. The minimum atomic E-state index is -0.317. The van der Waals surface area contributed by atoms with Gasteiger partial charge in [0.25, 0.3) is 0 Å². The van der Waals surface area contributed by atoms with Crippen molar-refractivity contribution in [2.75, 3.05) is 31.1 Å². The predicted molar refractivity (Wildman–Crippen MR) is 83.7 cm³/mol. The number of halogens is 1. The van der Waals surface area contributed by atoms with Crippen LogP contribution in [0.2, 0.25) is 0 Å². The number of nitrogens with zero attached hydrogens (tertiary/aromatic N) is 2. The van der Waals surface area contributed by atoms with Crippen LogP contribution < -0.4 is 10.6 Å². The highest BCUT2D eigenvalue weighted by molar-refractivity contribution is 7.80. The summed E-state index contributed by atoms with van der Waals surface area (Å²) in [6.45, 7) is 4.35. The molecule has 0 spiro atoms. The Morgan fingerprint density at radius 2 is 2.05 bits per heavy atom. The maximum atomic E-state index is 14.0. The Morgan fingerprint density at radius 1 is 1.25 bits per heavy atom. The van der Waals surface area contributed by atoms with Crippen molar-refractivity contribution in [3.05, 3.63) is 29.6 Å². The van der Waals surface area contributed by atoms with Gasteiger partial charge in [0.15, 0.2) is 0 Å². The third kappa shape index (κ3) is 2.65. The molecule has 2 heterocycles. The van der Waals surface area contributed by atoms with Crippen molar-refractivity contribution in [1.29, 1.82) is 0 Å². The fraction of sp³-hybridized carbons (Fsp3) is 0.533. The van der Waals surface area contributed by atoms with E-state index in [2.05, 4.69) is 9.80 Å². The molecule has 108 valence electrons. The first kappa shape index (κ1) is 13.8. The molecule has 0 saturated carbocycles. The van der Waals surface area contributed by atoms with E-state index in [1.165, 1.54) is 19.4 Å². The normalized spacial score (nSPS) is 23.4. The van der Waals surface area contributed by atoms with Crippen molar-refractivity contribution in [1.82, 2.24) is 4.90 Å². The molecular formula is C15H20FN3S. The van der Waals surface area contributed by atoms with Crippen LogP contribution in [0.1, 0.15) is 24.8 Å². The Hall–Kier alpha value is -1.20. The van der Waals surface area contributed by atoms with Gasteiger partial charge in [-0.3, -0.25) is 4.90 Å². The third-order valence-corrected chi connectivity index (χ3v) is 4.61. The first-order valence-electron chi connectivity index (χ1n) is 7.23. The molecule has 0 amide bonds. The maximum absolute atomic E-state index is 14.0. The second kappa shape index (κ2) is 5.66. The smallest absolute Gasteiger partial charge is 0.135 e. The SMILES string of the molecule is NC(=S)c1ccc(N2CCCN3CCCC3C2)cc1F. The molecule has 2 saturated heterocycles. The lowest BCUT2D eigenvalue weighted by Gasteiger charge is -2.27. The Bertz CT molecular complexity index is 520. The molecule has 2 fully saturated rings. The fourth-order valence-corrected chi connectivity index (χ4v) is 3.51. The van der Waals surface area contributed by atoms with Gasteiger partial charge in [0, 0.05) is 36.9 Å². The maximum Gasteiger partial charge on any atom is 0.135 e. The third-order valence-electron chi connectivity index (χ3n) is 4.39. The summed E-state index contributed by atoms with van der Waals surface area (Å²) in [5.74, 6) is -0.317. The summed E-state index contributed by atoms with van der Waals surface area (Å²) >= 11 is 4.85. The van der Waals surface area contributed by atoms with Crippen LogP contribution in [0.3, 0.4) is 0 Å². The van der Waals surface area contributed by atoms with Gasteiger partial charge in [-0.25, -0.2) is 4.39 Å². The number of hydrogen-bond donors (Lipinski definition) is 1. The van der Waals surface area contributed by atoms with E-state index in [4.69, 9.17) is 18.0 Å². The van der Waals surface area contributed by atoms with Crippen LogP contribution in [0.4, 0.5) is 10.1 Å². The van der Waals surface area contributed by atoms with E-state index in [1.54, 1.807) is 12.1 Å². The molecule has 1 unspecified atom stereocenters. The topological polar surface area (TPSA) is 32.5 Å². The van der Waals surface area contributed by atoms with Crippen LogP contribution in [0.25, 0.3) is 0 Å². The number of anilines is 1. The quantitative estimate of drug-likeness (QED) is 0.847. The van der Waals surface area contributed by atoms with E-state index in [1.807, 2.05) is 6.07 Å². The molecule has 1 aromatic rings. The van der Waals surface area contributed by atoms with Gasteiger partial charge in [0.2, 0.25) is 0 Å². The molecule has 0 aromatic heterocycles. The Kier molecular flexibility index (Phi) is 3.89. The Labute approximate surface area is 124 Å². The average Bonchev–Trinajstić information content (AvgIpc) is 2.75. The molecule has 3 rings (SSSR count). The predicted octanol–water partition coefficient (Wildman–Crippen LogP) is 2.13. The van der Waals surface area contributed by atoms with Crippen molar-refractivity contribution in [3.8, 4) is 0 Å². The fourth-order valence-electron chi connectivity index (χ4n) is 3.34. The lowest BCUT2D eigenvalue weighted by atomic mass is 10.1. The Morgan fingerprint density at radius 3 is 2.80 bits per heavy atom. The van der Waals surface area contributed by atoms with Crippen molar-refractivity contribution in [2.24, 2.45) is 5.73 Å². The van der Waals surface area contributed by atoms with Gasteiger partial charge >= 0.3 is 0 Å². The van der Waals surface area contributed by atoms with Crippen LogP contribution >= 0.6 is 12.2 Å². The summed E-state index contributed by atoms with van der Waals surface area (Å²) in [5, 5.41) is 0. The summed E-state index contributed by atoms with van der Waals surface area (Å²) in [6.07, 6.45) is 3.67. The van der Waals surface area contributed by atoms with Gasteiger partial charge in [0.05, 0.1) is 0 Å². The van der Waals surface area contributed by atoms with Crippen molar-refractivity contribution >= 4 is 22.9 Å². The van der Waals surface area contributed by atoms with E-state index in [9.17, 15) is 4.39 Å². The van der Waals surface area contributed by atoms with E-state index in [0.29, 0.717) is 11.6 Å². The summed E-state index contributed by atoms with van der Waals surface area (Å²) in [6, 6.07) is 5.82. The zero-order chi connectivity index (χ0) is 14.1. The molecule has 0 bridgehead atoms. The highest BCUT2D eigenvalue weighted by atomic mass is 32.1. The van der Waals surface area contributed by atoms with Gasteiger partial charge in [0.1, 0.15) is 10.8 Å². The summed E-state index contributed by atoms with van der Waals surface area (Å²) in [4.78, 5) is 4.98. The summed E-state index contributed by atoms with van der Waals surface area (Å²) in [7, 11) is 0. The zero-order valence-electron chi connectivity index (χ0n) is 11.5. The van der Waals surface area contributed by atoms with Gasteiger partial charge in [-0.1, -0.05) is 12.2 Å². The minimum Gasteiger partial charge on any atom is -0.389 e. The molecule has 5 heteroatoms. The Balaban J connectivity index is 1.81. The molecule has 2 N–H and O–H groups in total. The van der Waals surface area contributed by atoms with Crippen LogP contribution in [0, 0.1) is 5.82 Å². The molecule has 0 aliphatic carbocycles. The number of hydrogen-bond acceptors (Lipinski definition) is 3. The number of nitrogens with two attached hydrogens (primary N) is 1. The standard InChI is InChI=1S/C15H20FN3S/c16-14-9-11(4-5-13(14)15(17)20)19-8-2-7-18-6-1-3-12(18)10-19/h4-5,9,12H,1-3,6-8,10H2,(H2,17,20). The largest absolute Gasteiger partial charge is 0.389 e.